The van der Waals surface area contributed by atoms with Crippen LogP contribution in [0.15, 0.2) is 29.3 Å². The highest BCUT2D eigenvalue weighted by molar-refractivity contribution is 14.0. The maximum Gasteiger partial charge on any atom is 0.407 e. The van der Waals surface area contributed by atoms with Gasteiger partial charge in [-0.2, -0.15) is 0 Å². The molecule has 0 saturated carbocycles. The molecule has 148 valence electrons. The maximum absolute atomic E-state index is 11.5. The van der Waals surface area contributed by atoms with Gasteiger partial charge in [0.1, 0.15) is 11.4 Å². The lowest BCUT2D eigenvalue weighted by molar-refractivity contribution is 0.0527. The van der Waals surface area contributed by atoms with E-state index in [0.29, 0.717) is 25.6 Å². The van der Waals surface area contributed by atoms with Gasteiger partial charge in [0.05, 0.1) is 7.11 Å². The van der Waals surface area contributed by atoms with Crippen molar-refractivity contribution in [2.24, 2.45) is 4.99 Å². The molecule has 0 aromatic heterocycles. The number of carbonyl (C=O) groups is 1. The summed E-state index contributed by atoms with van der Waals surface area (Å²) in [4.78, 5) is 15.7. The van der Waals surface area contributed by atoms with E-state index in [1.54, 1.807) is 14.2 Å². The molecule has 0 spiro atoms. The lowest BCUT2D eigenvalue weighted by Gasteiger charge is -2.19. The molecule has 7 nitrogen and oxygen atoms in total. The van der Waals surface area contributed by atoms with E-state index in [2.05, 4.69) is 20.9 Å². The maximum atomic E-state index is 11.5. The molecule has 3 N–H and O–H groups in total. The van der Waals surface area contributed by atoms with Crippen LogP contribution in [0.3, 0.4) is 0 Å². The Balaban J connectivity index is 0.00000625. The quantitative estimate of drug-likeness (QED) is 0.243. The second-order valence-corrected chi connectivity index (χ2v) is 6.48. The number of benzene rings is 1. The molecule has 0 saturated heterocycles. The van der Waals surface area contributed by atoms with Crippen LogP contribution < -0.4 is 20.7 Å². The molecular formula is C18H31IN4O3. The van der Waals surface area contributed by atoms with E-state index in [4.69, 9.17) is 9.47 Å². The van der Waals surface area contributed by atoms with Gasteiger partial charge in [0.25, 0.3) is 0 Å². The number of nitrogens with one attached hydrogen (secondary N) is 3. The third-order valence-corrected chi connectivity index (χ3v) is 3.16. The molecular weight excluding hydrogens is 447 g/mol. The van der Waals surface area contributed by atoms with Gasteiger partial charge in [-0.1, -0.05) is 12.1 Å². The lowest BCUT2D eigenvalue weighted by Crippen LogP contribution is -2.39. The Hall–Kier alpha value is -1.71. The highest BCUT2D eigenvalue weighted by Gasteiger charge is 2.15. The molecule has 1 aromatic rings. The highest BCUT2D eigenvalue weighted by atomic mass is 127. The molecule has 0 aliphatic heterocycles. The fourth-order valence-electron chi connectivity index (χ4n) is 1.95. The van der Waals surface area contributed by atoms with Crippen molar-refractivity contribution in [2.45, 2.75) is 39.3 Å². The number of methoxy groups -OCH3 is 1. The standard InChI is InChI=1S/C18H30N4O3.HI/c1-18(2,3)25-17(23)21-12-6-11-20-16(19-4)22-13-14-7-9-15(24-5)10-8-14;/h7-10H,6,11-13H2,1-5H3,(H,21,23)(H2,19,20,22);1H. The number of nitrogens with zero attached hydrogens (tertiary/aromatic N) is 1. The number of hydrogen-bond acceptors (Lipinski definition) is 4. The Morgan fingerprint density at radius 3 is 2.23 bits per heavy atom. The van der Waals surface area contributed by atoms with E-state index in [1.165, 1.54) is 0 Å². The van der Waals surface area contributed by atoms with Crippen LogP contribution in [0.2, 0.25) is 0 Å². The molecule has 1 aromatic carbocycles. The van der Waals surface area contributed by atoms with Crippen LogP contribution in [0.25, 0.3) is 0 Å². The van der Waals surface area contributed by atoms with E-state index in [-0.39, 0.29) is 24.0 Å². The zero-order valence-electron chi connectivity index (χ0n) is 16.2. The third-order valence-electron chi connectivity index (χ3n) is 3.16. The first-order valence-corrected chi connectivity index (χ1v) is 8.38. The molecule has 1 rings (SSSR count). The molecule has 0 atom stereocenters. The van der Waals surface area contributed by atoms with Crippen LogP contribution in [0.4, 0.5) is 4.79 Å². The zero-order valence-corrected chi connectivity index (χ0v) is 18.5. The minimum atomic E-state index is -0.476. The Morgan fingerprint density at radius 1 is 1.08 bits per heavy atom. The molecule has 26 heavy (non-hydrogen) atoms. The van der Waals surface area contributed by atoms with Crippen LogP contribution in [0.1, 0.15) is 32.8 Å². The van der Waals surface area contributed by atoms with Crippen LogP contribution >= 0.6 is 24.0 Å². The number of amides is 1. The number of alkyl carbamates (subject to hydrolysis) is 1. The predicted octanol–water partition coefficient (Wildman–Crippen LogP) is 2.89. The molecule has 0 unspecified atom stereocenters. The Bertz CT molecular complexity index is 557. The summed E-state index contributed by atoms with van der Waals surface area (Å²) in [6.45, 7) is 7.42. The monoisotopic (exact) mass is 478 g/mol. The minimum Gasteiger partial charge on any atom is -0.497 e. The number of aliphatic imine (C=N–C) groups is 1. The number of hydrogen-bond donors (Lipinski definition) is 3. The molecule has 0 radical (unpaired) electrons. The molecule has 0 fully saturated rings. The SMILES string of the molecule is CN=C(NCCCNC(=O)OC(C)(C)C)NCc1ccc(OC)cc1.I. The van der Waals surface area contributed by atoms with Crippen molar-refractivity contribution >= 4 is 36.0 Å². The molecule has 0 bridgehead atoms. The van der Waals surface area contributed by atoms with Gasteiger partial charge < -0.3 is 25.4 Å². The summed E-state index contributed by atoms with van der Waals surface area (Å²) in [6.07, 6.45) is 0.372. The summed E-state index contributed by atoms with van der Waals surface area (Å²) >= 11 is 0. The third kappa shape index (κ3) is 11.0. The summed E-state index contributed by atoms with van der Waals surface area (Å²) in [5, 5.41) is 9.17. The average Bonchev–Trinajstić information content (AvgIpc) is 2.56. The molecule has 1 amide bonds. The molecule has 0 aliphatic carbocycles. The molecule has 8 heteroatoms. The fourth-order valence-corrected chi connectivity index (χ4v) is 1.95. The normalized spacial score (nSPS) is 11.2. The van der Waals surface area contributed by atoms with Crippen molar-refractivity contribution in [2.75, 3.05) is 27.2 Å². The van der Waals surface area contributed by atoms with Gasteiger partial charge in [0.2, 0.25) is 0 Å². The van der Waals surface area contributed by atoms with Gasteiger partial charge in [-0.3, -0.25) is 4.99 Å². The second kappa shape index (κ2) is 12.6. The van der Waals surface area contributed by atoms with Crippen molar-refractivity contribution in [3.63, 3.8) is 0 Å². The predicted molar refractivity (Wildman–Crippen MR) is 115 cm³/mol. The second-order valence-electron chi connectivity index (χ2n) is 6.48. The van der Waals surface area contributed by atoms with Crippen molar-refractivity contribution in [3.8, 4) is 5.75 Å². The van der Waals surface area contributed by atoms with Crippen molar-refractivity contribution in [1.82, 2.24) is 16.0 Å². The van der Waals surface area contributed by atoms with E-state index in [9.17, 15) is 4.79 Å². The van der Waals surface area contributed by atoms with E-state index in [0.717, 1.165) is 17.7 Å². The first-order valence-electron chi connectivity index (χ1n) is 8.38. The van der Waals surface area contributed by atoms with E-state index in [1.807, 2.05) is 45.0 Å². The topological polar surface area (TPSA) is 84.0 Å². The summed E-state index contributed by atoms with van der Waals surface area (Å²) < 4.78 is 10.3. The Morgan fingerprint density at radius 2 is 1.69 bits per heavy atom. The van der Waals surface area contributed by atoms with Crippen LogP contribution in [-0.2, 0) is 11.3 Å². The summed E-state index contributed by atoms with van der Waals surface area (Å²) in [5.41, 5.74) is 0.658. The van der Waals surface area contributed by atoms with Crippen molar-refractivity contribution in [3.05, 3.63) is 29.8 Å². The van der Waals surface area contributed by atoms with E-state index >= 15 is 0 Å². The summed E-state index contributed by atoms with van der Waals surface area (Å²) in [5.74, 6) is 1.55. The number of guanidine groups is 1. The van der Waals surface area contributed by atoms with Crippen LogP contribution in [-0.4, -0.2) is 44.9 Å². The zero-order chi connectivity index (χ0) is 18.7. The molecule has 0 heterocycles. The first-order chi connectivity index (χ1) is 11.8. The van der Waals surface area contributed by atoms with E-state index < -0.39 is 11.7 Å². The average molecular weight is 478 g/mol. The number of halogens is 1. The van der Waals surface area contributed by atoms with Crippen molar-refractivity contribution in [1.29, 1.82) is 0 Å². The van der Waals surface area contributed by atoms with Gasteiger partial charge in [-0.25, -0.2) is 4.79 Å². The number of ether oxygens (including phenoxy) is 2. The van der Waals surface area contributed by atoms with Crippen molar-refractivity contribution < 1.29 is 14.3 Å². The Labute approximate surface area is 173 Å². The first kappa shape index (κ1) is 24.3. The summed E-state index contributed by atoms with van der Waals surface area (Å²) in [7, 11) is 3.37. The minimum absolute atomic E-state index is 0. The lowest BCUT2D eigenvalue weighted by atomic mass is 10.2. The largest absolute Gasteiger partial charge is 0.497 e. The highest BCUT2D eigenvalue weighted by Crippen LogP contribution is 2.10. The number of carbonyl (C=O) groups excluding carboxylic acids is 1. The number of rotatable bonds is 7. The van der Waals surface area contributed by atoms with Crippen LogP contribution in [0.5, 0.6) is 5.75 Å². The molecule has 0 aliphatic rings. The van der Waals surface area contributed by atoms with Gasteiger partial charge in [-0.15, -0.1) is 24.0 Å². The summed E-state index contributed by atoms with van der Waals surface area (Å²) in [6, 6.07) is 7.86. The van der Waals surface area contributed by atoms with Gasteiger partial charge in [0, 0.05) is 26.7 Å². The van der Waals surface area contributed by atoms with Gasteiger partial charge >= 0.3 is 6.09 Å². The smallest absolute Gasteiger partial charge is 0.407 e. The van der Waals surface area contributed by atoms with Gasteiger partial charge in [-0.05, 0) is 44.9 Å². The van der Waals surface area contributed by atoms with Gasteiger partial charge in [0.15, 0.2) is 5.96 Å². The Kier molecular flexibility index (Phi) is 11.8. The van der Waals surface area contributed by atoms with Crippen LogP contribution in [0, 0.1) is 0 Å². The fraction of sp³-hybridized carbons (Fsp3) is 0.556.